The van der Waals surface area contributed by atoms with Crippen LogP contribution in [0.1, 0.15) is 6.92 Å². The van der Waals surface area contributed by atoms with E-state index in [0.717, 1.165) is 0 Å². The van der Waals surface area contributed by atoms with Gasteiger partial charge >= 0.3 is 5.69 Å². The second-order valence-corrected chi connectivity index (χ2v) is 3.72. The van der Waals surface area contributed by atoms with Gasteiger partial charge in [-0.1, -0.05) is 6.07 Å². The molecule has 0 aliphatic carbocycles. The van der Waals surface area contributed by atoms with E-state index in [1.54, 1.807) is 13.0 Å². The molecule has 1 heterocycles. The molecule has 9 heteroatoms. The third kappa shape index (κ3) is 2.55. The highest BCUT2D eigenvalue weighted by Gasteiger charge is 2.21. The highest BCUT2D eigenvalue weighted by Crippen LogP contribution is 2.36. The summed E-state index contributed by atoms with van der Waals surface area (Å²) in [6.07, 6.45) is 0. The summed E-state index contributed by atoms with van der Waals surface area (Å²) in [6, 6.07) is 4.43. The van der Waals surface area contributed by atoms with Gasteiger partial charge in [0.1, 0.15) is 0 Å². The number of hydrogen-bond donors (Lipinski definition) is 2. The number of nitro groups is 1. The smallest absolute Gasteiger partial charge is 0.311 e. The first-order valence-electron chi connectivity index (χ1n) is 5.70. The van der Waals surface area contributed by atoms with Gasteiger partial charge in [0.25, 0.3) is 0 Å². The lowest BCUT2D eigenvalue weighted by Gasteiger charge is -2.09. The van der Waals surface area contributed by atoms with Crippen molar-refractivity contribution in [1.29, 1.82) is 0 Å². The molecular formula is C11H12N6O3. The van der Waals surface area contributed by atoms with Crippen LogP contribution in [0.2, 0.25) is 0 Å². The van der Waals surface area contributed by atoms with Gasteiger partial charge in [0.2, 0.25) is 17.6 Å². The number of anilines is 2. The largest absolute Gasteiger partial charge is 0.487 e. The average molecular weight is 276 g/mol. The summed E-state index contributed by atoms with van der Waals surface area (Å²) in [5, 5.41) is 11.0. The van der Waals surface area contributed by atoms with Crippen molar-refractivity contribution in [3.05, 3.63) is 28.3 Å². The summed E-state index contributed by atoms with van der Waals surface area (Å²) >= 11 is 0. The Balaban J connectivity index is 2.66. The Morgan fingerprint density at radius 2 is 1.90 bits per heavy atom. The molecule has 1 aromatic heterocycles. The molecule has 0 atom stereocenters. The summed E-state index contributed by atoms with van der Waals surface area (Å²) in [5.41, 5.74) is 11.2. The van der Waals surface area contributed by atoms with Gasteiger partial charge in [0.15, 0.2) is 5.82 Å². The molecule has 0 aliphatic heterocycles. The molecule has 0 fully saturated rings. The van der Waals surface area contributed by atoms with Crippen molar-refractivity contribution in [1.82, 2.24) is 15.0 Å². The van der Waals surface area contributed by atoms with Crippen molar-refractivity contribution in [2.75, 3.05) is 18.1 Å². The Morgan fingerprint density at radius 3 is 2.45 bits per heavy atom. The van der Waals surface area contributed by atoms with E-state index in [1.165, 1.54) is 12.1 Å². The summed E-state index contributed by atoms with van der Waals surface area (Å²) in [6.45, 7) is 1.98. The number of nitrogen functional groups attached to an aromatic ring is 2. The van der Waals surface area contributed by atoms with Gasteiger partial charge in [-0.3, -0.25) is 10.1 Å². The highest BCUT2D eigenvalue weighted by molar-refractivity contribution is 5.71. The lowest BCUT2D eigenvalue weighted by Crippen LogP contribution is -2.06. The minimum Gasteiger partial charge on any atom is -0.487 e. The number of nitro benzene ring substituents is 1. The number of hydrogen-bond acceptors (Lipinski definition) is 8. The third-order valence-electron chi connectivity index (χ3n) is 2.39. The van der Waals surface area contributed by atoms with Crippen LogP contribution in [-0.4, -0.2) is 26.5 Å². The number of para-hydroxylation sites is 1. The maximum atomic E-state index is 11.0. The molecule has 0 saturated carbocycles. The van der Waals surface area contributed by atoms with Gasteiger partial charge < -0.3 is 16.2 Å². The van der Waals surface area contributed by atoms with E-state index >= 15 is 0 Å². The quantitative estimate of drug-likeness (QED) is 0.621. The summed E-state index contributed by atoms with van der Waals surface area (Å²) in [4.78, 5) is 22.0. The standard InChI is InChI=1S/C11H12N6O3/c1-2-20-8-6(4-3-5-7(8)17(18)19)9-14-10(12)16-11(13)15-9/h3-5H,2H2,1H3,(H4,12,13,14,15,16). The van der Waals surface area contributed by atoms with Crippen LogP contribution >= 0.6 is 0 Å². The first kappa shape index (κ1) is 13.5. The number of benzene rings is 1. The fraction of sp³-hybridized carbons (Fsp3) is 0.182. The fourth-order valence-corrected chi connectivity index (χ4v) is 1.67. The molecule has 0 saturated heterocycles. The van der Waals surface area contributed by atoms with Crippen LogP contribution in [0.25, 0.3) is 11.4 Å². The number of aromatic nitrogens is 3. The van der Waals surface area contributed by atoms with E-state index in [9.17, 15) is 10.1 Å². The number of nitrogens with zero attached hydrogens (tertiary/aromatic N) is 4. The lowest BCUT2D eigenvalue weighted by atomic mass is 10.1. The van der Waals surface area contributed by atoms with Crippen molar-refractivity contribution in [3.63, 3.8) is 0 Å². The van der Waals surface area contributed by atoms with Crippen molar-refractivity contribution in [2.45, 2.75) is 6.92 Å². The maximum absolute atomic E-state index is 11.0. The number of nitrogens with two attached hydrogens (primary N) is 2. The Hall–Kier alpha value is -2.97. The minimum atomic E-state index is -0.539. The zero-order valence-corrected chi connectivity index (χ0v) is 10.6. The molecule has 20 heavy (non-hydrogen) atoms. The average Bonchev–Trinajstić information content (AvgIpc) is 2.37. The number of rotatable bonds is 4. The van der Waals surface area contributed by atoms with Crippen molar-refractivity contribution < 1.29 is 9.66 Å². The van der Waals surface area contributed by atoms with Crippen LogP contribution in [-0.2, 0) is 0 Å². The van der Waals surface area contributed by atoms with Crippen molar-refractivity contribution in [2.24, 2.45) is 0 Å². The SMILES string of the molecule is CCOc1c(-c2nc(N)nc(N)n2)cccc1[N+](=O)[O-]. The maximum Gasteiger partial charge on any atom is 0.311 e. The van der Waals surface area contributed by atoms with Crippen LogP contribution in [0, 0.1) is 10.1 Å². The Bertz CT molecular complexity index is 640. The minimum absolute atomic E-state index is 0.0681. The predicted molar refractivity (Wildman–Crippen MR) is 71.9 cm³/mol. The molecule has 0 aliphatic rings. The molecule has 4 N–H and O–H groups in total. The molecule has 104 valence electrons. The molecule has 0 unspecified atom stereocenters. The first-order chi connectivity index (χ1) is 9.52. The van der Waals surface area contributed by atoms with E-state index < -0.39 is 4.92 Å². The molecule has 9 nitrogen and oxygen atoms in total. The topological polar surface area (TPSA) is 143 Å². The highest BCUT2D eigenvalue weighted by atomic mass is 16.6. The normalized spacial score (nSPS) is 10.2. The van der Waals surface area contributed by atoms with Gasteiger partial charge in [0, 0.05) is 6.07 Å². The summed E-state index contributed by atoms with van der Waals surface area (Å²) in [5.74, 6) is 0.0649. The molecule has 0 bridgehead atoms. The van der Waals surface area contributed by atoms with Crippen molar-refractivity contribution >= 4 is 17.6 Å². The van der Waals surface area contributed by atoms with E-state index in [2.05, 4.69) is 15.0 Å². The Kier molecular flexibility index (Phi) is 3.60. The van der Waals surface area contributed by atoms with Gasteiger partial charge in [-0.25, -0.2) is 0 Å². The lowest BCUT2D eigenvalue weighted by molar-refractivity contribution is -0.385. The predicted octanol–water partition coefficient (Wildman–Crippen LogP) is 1.01. The van der Waals surface area contributed by atoms with Crippen LogP contribution in [0.3, 0.4) is 0 Å². The van der Waals surface area contributed by atoms with Gasteiger partial charge in [-0.15, -0.1) is 0 Å². The molecular weight excluding hydrogens is 264 g/mol. The summed E-state index contributed by atoms with van der Waals surface area (Å²) < 4.78 is 5.34. The van der Waals surface area contributed by atoms with Gasteiger partial charge in [-0.05, 0) is 13.0 Å². The number of ether oxygens (including phenoxy) is 1. The van der Waals surface area contributed by atoms with Gasteiger partial charge in [0.05, 0.1) is 17.1 Å². The Morgan fingerprint density at radius 1 is 1.25 bits per heavy atom. The molecule has 0 radical (unpaired) electrons. The van der Waals surface area contributed by atoms with E-state index in [-0.39, 0.29) is 35.8 Å². The second kappa shape index (κ2) is 5.34. The van der Waals surface area contributed by atoms with Crippen LogP contribution in [0.15, 0.2) is 18.2 Å². The van der Waals surface area contributed by atoms with Crippen molar-refractivity contribution in [3.8, 4) is 17.1 Å². The molecule has 2 aromatic rings. The zero-order chi connectivity index (χ0) is 14.7. The van der Waals surface area contributed by atoms with E-state index in [4.69, 9.17) is 16.2 Å². The molecule has 2 rings (SSSR count). The van der Waals surface area contributed by atoms with Crippen LogP contribution in [0.4, 0.5) is 17.6 Å². The Labute approximate surface area is 113 Å². The monoisotopic (exact) mass is 276 g/mol. The molecule has 0 spiro atoms. The zero-order valence-electron chi connectivity index (χ0n) is 10.6. The van der Waals surface area contributed by atoms with Crippen LogP contribution < -0.4 is 16.2 Å². The van der Waals surface area contributed by atoms with E-state index in [1.807, 2.05) is 0 Å². The fourth-order valence-electron chi connectivity index (χ4n) is 1.67. The van der Waals surface area contributed by atoms with Crippen LogP contribution in [0.5, 0.6) is 5.75 Å². The van der Waals surface area contributed by atoms with Gasteiger partial charge in [-0.2, -0.15) is 15.0 Å². The molecule has 0 amide bonds. The second-order valence-electron chi connectivity index (χ2n) is 3.72. The summed E-state index contributed by atoms with van der Waals surface area (Å²) in [7, 11) is 0. The first-order valence-corrected chi connectivity index (χ1v) is 5.70. The van der Waals surface area contributed by atoms with E-state index in [0.29, 0.717) is 5.56 Å². The molecule has 1 aromatic carbocycles. The third-order valence-corrected chi connectivity index (χ3v) is 2.39.